The van der Waals surface area contributed by atoms with E-state index in [0.29, 0.717) is 70.6 Å². The number of hydrogen-bond donors (Lipinski definition) is 25. The number of alkyl halides is 11. The Morgan fingerprint density at radius 3 is 1.31 bits per heavy atom. The van der Waals surface area contributed by atoms with Crippen LogP contribution in [0.3, 0.4) is 0 Å². The fourth-order valence-corrected chi connectivity index (χ4v) is 12.4. The van der Waals surface area contributed by atoms with Crippen LogP contribution >= 0.6 is 0 Å². The van der Waals surface area contributed by atoms with Crippen LogP contribution in [-0.2, 0) is 0 Å². The van der Waals surface area contributed by atoms with Crippen molar-refractivity contribution < 1.29 is 135 Å². The highest BCUT2D eigenvalue weighted by Crippen LogP contribution is 2.54. The van der Waals surface area contributed by atoms with E-state index in [9.17, 15) is 104 Å². The van der Waals surface area contributed by atoms with E-state index in [2.05, 4.69) is 42.5 Å². The number of β-amino-alcohol motifs (C(OH)–C–C–N with tert-alkyl or cyclic N) is 8. The molecule has 8 aliphatic heterocycles. The van der Waals surface area contributed by atoms with Gasteiger partial charge in [0.15, 0.2) is 0 Å². The molecule has 0 aromatic rings. The Bertz CT molecular complexity index is 2010. The molecule has 0 spiro atoms. The zero-order valence-electron chi connectivity index (χ0n) is 53.3. The standard InChI is InChI=1S/C8H13F2NO2.C8H16FNO2.C8H15NO2.2C7H13F2NO2.C7H14FNO2.C7H15NO3.C6H10F3NO2/c9-8(10)1-5(8)4-2-11-3-6(12)7(4)13;1-2-6-5(3-9)8(12)7(11)4-10-6;10-7-4-9-3-6(8(7)11)5-1-2-5;1-7(8,9)4-2-10-3-5(11)6(4)12;8-6(9)1-4-2-10-3-5(11)7(4)12;8-2-1-5-3-9-4-6(10)7(5)11;1-7(11)4-8-2-5(3-9)6(7)10;7-6(8,9)3-1-10-2-4(11)5(3)12/h4-7,11-13H,1-3H2;5-8,10-12H,2-4H2,1H3;5-11H,1-4H2;4-6,10-12H,2-3H2,1H3;4-7,10-12H,1-3H2;5-7,9-11H,1-4H2;5-6,8-11H,2-4H2,1H3;3-5,10-12H,1-2H2/t4-,5?,6-,7-;5-,6-,7+,8+;6-,7-,8-;4-,5+,6+;4-,5+,7+;5-,6+,7+;5-,6-,7?;3-,4+,5+/m10100010/s1. The Balaban J connectivity index is 0.000000280. The van der Waals surface area contributed by atoms with E-state index in [0.717, 1.165) is 19.9 Å². The molecular weight excluding hydrogens is 1290 g/mol. The summed E-state index contributed by atoms with van der Waals surface area (Å²) >= 11 is 0. The number of hydrogen-bond acceptors (Lipinski definition) is 25. The molecular formula is C58H109F11N8O17. The van der Waals surface area contributed by atoms with Crippen molar-refractivity contribution in [2.45, 2.75) is 187 Å². The number of piperidine rings is 8. The van der Waals surface area contributed by atoms with Crippen LogP contribution in [0.5, 0.6) is 0 Å². The van der Waals surface area contributed by atoms with Gasteiger partial charge in [0.25, 0.3) is 11.8 Å². The lowest BCUT2D eigenvalue weighted by Gasteiger charge is -2.39. The van der Waals surface area contributed by atoms with E-state index in [1.165, 1.54) is 12.8 Å². The van der Waals surface area contributed by atoms with Crippen LogP contribution in [0.15, 0.2) is 0 Å². The third kappa shape index (κ3) is 27.6. The molecule has 2 saturated carbocycles. The maximum atomic E-state index is 12.7. The van der Waals surface area contributed by atoms with E-state index in [-0.39, 0.29) is 76.6 Å². The van der Waals surface area contributed by atoms with Gasteiger partial charge in [-0.05, 0) is 45.4 Å². The second-order valence-electron chi connectivity index (χ2n) is 26.5. The van der Waals surface area contributed by atoms with Crippen LogP contribution in [0, 0.1) is 59.2 Å². The summed E-state index contributed by atoms with van der Waals surface area (Å²) < 4.78 is 135. The second-order valence-corrected chi connectivity index (χ2v) is 26.5. The van der Waals surface area contributed by atoms with Gasteiger partial charge in [-0.15, -0.1) is 0 Å². The summed E-state index contributed by atoms with van der Waals surface area (Å²) in [4.78, 5) is 0. The summed E-state index contributed by atoms with van der Waals surface area (Å²) in [6.45, 7) is 8.05. The minimum Gasteiger partial charge on any atom is -0.396 e. The zero-order chi connectivity index (χ0) is 71.2. The second kappa shape index (κ2) is 40.6. The van der Waals surface area contributed by atoms with Crippen molar-refractivity contribution in [3.63, 3.8) is 0 Å². The summed E-state index contributed by atoms with van der Waals surface area (Å²) in [7, 11) is 0. The Labute approximate surface area is 540 Å². The van der Waals surface area contributed by atoms with E-state index < -0.39 is 170 Å². The minimum absolute atomic E-state index is 0.00611. The monoisotopic (exact) mass is 1400 g/mol. The number of nitrogens with one attached hydrogen (secondary N) is 8. The molecule has 0 bridgehead atoms. The molecule has 0 aromatic heterocycles. The van der Waals surface area contributed by atoms with Gasteiger partial charge in [-0.2, -0.15) is 13.2 Å². The zero-order valence-corrected chi connectivity index (χ0v) is 53.3. The van der Waals surface area contributed by atoms with Crippen LogP contribution in [0.2, 0.25) is 0 Å². The highest BCUT2D eigenvalue weighted by atomic mass is 19.4. The molecule has 10 aliphatic rings. The fourth-order valence-electron chi connectivity index (χ4n) is 12.4. The van der Waals surface area contributed by atoms with Crippen molar-refractivity contribution in [3.05, 3.63) is 0 Å². The van der Waals surface area contributed by atoms with Crippen LogP contribution in [0.4, 0.5) is 48.3 Å². The predicted octanol–water partition coefficient (Wildman–Crippen LogP) is -5.15. The lowest BCUT2D eigenvalue weighted by molar-refractivity contribution is -0.217. The summed E-state index contributed by atoms with van der Waals surface area (Å²) in [5.41, 5.74) is -1.11. The largest absolute Gasteiger partial charge is 0.396 e. The van der Waals surface area contributed by atoms with Crippen LogP contribution < -0.4 is 42.5 Å². The highest BCUT2D eigenvalue weighted by molar-refractivity contribution is 5.04. The molecule has 560 valence electrons. The van der Waals surface area contributed by atoms with Crippen molar-refractivity contribution in [1.82, 2.24) is 42.5 Å². The number of aliphatic hydroxyl groups excluding tert-OH is 16. The summed E-state index contributed by atoms with van der Waals surface area (Å²) in [6, 6.07) is -0.00611. The number of aliphatic hydroxyl groups is 17. The van der Waals surface area contributed by atoms with Crippen molar-refractivity contribution in [3.8, 4) is 0 Å². The first-order valence-corrected chi connectivity index (χ1v) is 32.3. The summed E-state index contributed by atoms with van der Waals surface area (Å²) in [6.07, 6.45) is -18.2. The van der Waals surface area contributed by atoms with Crippen LogP contribution in [-0.4, -0.2) is 333 Å². The first-order valence-electron chi connectivity index (χ1n) is 32.3. The highest BCUT2D eigenvalue weighted by Gasteiger charge is 2.62. The maximum absolute atomic E-state index is 12.7. The average molecular weight is 1400 g/mol. The van der Waals surface area contributed by atoms with Crippen molar-refractivity contribution >= 4 is 0 Å². The lowest BCUT2D eigenvalue weighted by Crippen LogP contribution is -2.59. The third-order valence-corrected chi connectivity index (χ3v) is 18.9. The van der Waals surface area contributed by atoms with E-state index in [1.807, 2.05) is 6.92 Å². The van der Waals surface area contributed by atoms with Gasteiger partial charge < -0.3 is 129 Å². The van der Waals surface area contributed by atoms with E-state index >= 15 is 0 Å². The van der Waals surface area contributed by atoms with Gasteiger partial charge in [-0.1, -0.05) is 6.92 Å². The summed E-state index contributed by atoms with van der Waals surface area (Å²) in [5, 5.41) is 180. The maximum Gasteiger partial charge on any atom is 0.395 e. The van der Waals surface area contributed by atoms with Gasteiger partial charge >= 0.3 is 6.18 Å². The Hall–Kier alpha value is -1.77. The smallest absolute Gasteiger partial charge is 0.395 e. The first-order chi connectivity index (χ1) is 43.8. The normalized spacial score (nSPS) is 42.1. The van der Waals surface area contributed by atoms with Crippen molar-refractivity contribution in [2.75, 3.05) is 118 Å². The fraction of sp³-hybridized carbons (Fsp3) is 1.00. The van der Waals surface area contributed by atoms with Gasteiger partial charge in [-0.3, -0.25) is 8.78 Å². The molecule has 36 heteroatoms. The molecule has 2 unspecified atom stereocenters. The van der Waals surface area contributed by atoms with Gasteiger partial charge in [0.2, 0.25) is 6.43 Å². The van der Waals surface area contributed by atoms with Gasteiger partial charge in [0, 0.05) is 165 Å². The molecule has 10 rings (SSSR count). The average Bonchev–Trinajstić information content (AvgIpc) is 1.61. The molecule has 2 aliphatic carbocycles. The van der Waals surface area contributed by atoms with Crippen molar-refractivity contribution in [2.24, 2.45) is 59.2 Å². The Kier molecular flexibility index (Phi) is 37.4. The van der Waals surface area contributed by atoms with Gasteiger partial charge in [0.1, 0.15) is 5.60 Å². The quantitative estimate of drug-likeness (QED) is 0.0910. The SMILES string of the molecule is CC(F)(F)[C@H]1CNC[C@@H](O)[C@@H]1O.CC1(O)CNC[C@H](CO)[C@H]1O.CC[C@@H]1NC[C@@H](O)[C@H](O)[C@H]1CF.O[C@@H]1[C@@H](CC(F)F)CNC[C@H]1O.O[C@@H]1[C@@H](CCF)CNC[C@H]1O.O[C@H]1[C@H](O)CNC[C@@H]1C(F)(F)F.O[C@H]1[C@H](O)CNC[C@@H]1C1CC1.O[C@H]1[C@H](O)CNC[C@@H]1C1CC1(F)F. The topological polar surface area (TPSA) is 440 Å². The van der Waals surface area contributed by atoms with Crippen LogP contribution in [0.25, 0.3) is 0 Å². The van der Waals surface area contributed by atoms with Crippen molar-refractivity contribution in [1.29, 1.82) is 0 Å². The molecule has 25 N–H and O–H groups in total. The lowest BCUT2D eigenvalue weighted by atomic mass is 9.85. The minimum atomic E-state index is -4.45. The Morgan fingerprint density at radius 1 is 0.500 bits per heavy atom. The molecule has 94 heavy (non-hydrogen) atoms. The molecule has 10 fully saturated rings. The number of halogens is 11. The van der Waals surface area contributed by atoms with Crippen LogP contribution in [0.1, 0.15) is 59.3 Å². The third-order valence-electron chi connectivity index (χ3n) is 18.9. The van der Waals surface area contributed by atoms with Gasteiger partial charge in [0.05, 0.1) is 117 Å². The molecule has 26 atom stereocenters. The van der Waals surface area contributed by atoms with E-state index in [1.54, 1.807) is 6.92 Å². The van der Waals surface area contributed by atoms with Gasteiger partial charge in [-0.25, -0.2) is 26.3 Å². The molecule has 0 amide bonds. The molecule has 8 saturated heterocycles. The molecule has 25 nitrogen and oxygen atoms in total. The molecule has 0 aromatic carbocycles. The molecule has 0 radical (unpaired) electrons. The van der Waals surface area contributed by atoms with E-state index in [4.69, 9.17) is 30.6 Å². The molecule has 8 heterocycles. The first kappa shape index (κ1) is 86.5. The predicted molar refractivity (Wildman–Crippen MR) is 318 cm³/mol. The summed E-state index contributed by atoms with van der Waals surface area (Å²) in [5.74, 6) is -10.3. The number of rotatable bonds is 10. The Morgan fingerprint density at radius 2 is 0.904 bits per heavy atom.